The predicted molar refractivity (Wildman–Crippen MR) is 138 cm³/mol. The summed E-state index contributed by atoms with van der Waals surface area (Å²) in [6, 6.07) is 11.1. The Bertz CT molecular complexity index is 1460. The van der Waals surface area contributed by atoms with Gasteiger partial charge in [0.15, 0.2) is 11.4 Å². The number of nitrogens with two attached hydrogens (primary N) is 2. The third kappa shape index (κ3) is 3.35. The fourth-order valence-electron chi connectivity index (χ4n) is 6.64. The van der Waals surface area contributed by atoms with Crippen molar-refractivity contribution in [1.82, 2.24) is 0 Å². The number of ketones is 2. The van der Waals surface area contributed by atoms with Crippen molar-refractivity contribution in [2.45, 2.75) is 38.8 Å². The van der Waals surface area contributed by atoms with Crippen LogP contribution in [0.5, 0.6) is 5.75 Å². The number of aliphatic hydroxyl groups is 3. The van der Waals surface area contributed by atoms with E-state index in [1.807, 2.05) is 30.3 Å². The molecule has 2 aromatic rings. The van der Waals surface area contributed by atoms with Crippen LogP contribution in [0.3, 0.4) is 0 Å². The molecule has 198 valence electrons. The summed E-state index contributed by atoms with van der Waals surface area (Å²) >= 11 is 0. The van der Waals surface area contributed by atoms with Gasteiger partial charge in [0.1, 0.15) is 22.8 Å². The number of phenols is 1. The van der Waals surface area contributed by atoms with E-state index in [2.05, 4.69) is 0 Å². The highest BCUT2D eigenvalue weighted by atomic mass is 16.3. The van der Waals surface area contributed by atoms with Crippen molar-refractivity contribution in [3.05, 3.63) is 70.0 Å². The largest absolute Gasteiger partial charge is 0.508 e. The highest BCUT2D eigenvalue weighted by Crippen LogP contribution is 2.55. The zero-order valence-electron chi connectivity index (χ0n) is 21.1. The van der Waals surface area contributed by atoms with Gasteiger partial charge in [-0.3, -0.25) is 14.4 Å². The molecule has 0 unspecified atom stereocenters. The van der Waals surface area contributed by atoms with Gasteiger partial charge in [0.2, 0.25) is 5.78 Å². The normalized spacial score (nSPS) is 26.8. The van der Waals surface area contributed by atoms with Crippen LogP contribution in [0.15, 0.2) is 53.3 Å². The van der Waals surface area contributed by atoms with Crippen molar-refractivity contribution in [3.8, 4) is 16.9 Å². The molecule has 9 nitrogen and oxygen atoms in total. The first kappa shape index (κ1) is 25.7. The van der Waals surface area contributed by atoms with E-state index in [-0.39, 0.29) is 42.2 Å². The molecule has 8 N–H and O–H groups in total. The Morgan fingerprint density at radius 2 is 1.79 bits per heavy atom. The lowest BCUT2D eigenvalue weighted by Gasteiger charge is -2.50. The van der Waals surface area contributed by atoms with E-state index < -0.39 is 57.9 Å². The van der Waals surface area contributed by atoms with E-state index in [4.69, 9.17) is 11.5 Å². The number of primary amides is 1. The zero-order valence-corrected chi connectivity index (χ0v) is 21.1. The molecule has 3 aliphatic rings. The van der Waals surface area contributed by atoms with Crippen molar-refractivity contribution in [3.63, 3.8) is 0 Å². The van der Waals surface area contributed by atoms with Crippen molar-refractivity contribution in [2.75, 3.05) is 0 Å². The Morgan fingerprint density at radius 3 is 2.37 bits per heavy atom. The Kier molecular flexibility index (Phi) is 5.96. The van der Waals surface area contributed by atoms with Gasteiger partial charge in [-0.2, -0.15) is 0 Å². The summed E-state index contributed by atoms with van der Waals surface area (Å²) in [6.07, 6.45) is 0.293. The van der Waals surface area contributed by atoms with Gasteiger partial charge in [-0.1, -0.05) is 44.2 Å². The zero-order chi connectivity index (χ0) is 27.7. The first-order chi connectivity index (χ1) is 17.9. The van der Waals surface area contributed by atoms with E-state index in [9.17, 15) is 34.8 Å². The number of aliphatic hydroxyl groups excluding tert-OH is 2. The van der Waals surface area contributed by atoms with Crippen molar-refractivity contribution < 1.29 is 34.8 Å². The molecule has 1 fully saturated rings. The van der Waals surface area contributed by atoms with Crippen LogP contribution in [-0.4, -0.2) is 43.5 Å². The summed E-state index contributed by atoms with van der Waals surface area (Å²) in [5, 5.41) is 45.2. The molecule has 0 radical (unpaired) electrons. The summed E-state index contributed by atoms with van der Waals surface area (Å²) < 4.78 is 0. The number of amides is 1. The fraction of sp³-hybridized carbons (Fsp3) is 0.345. The molecule has 4 atom stereocenters. The van der Waals surface area contributed by atoms with E-state index in [0.717, 1.165) is 11.1 Å². The first-order valence-electron chi connectivity index (χ1n) is 12.6. The van der Waals surface area contributed by atoms with Gasteiger partial charge in [0.25, 0.3) is 5.91 Å². The molecule has 0 saturated heterocycles. The number of carbonyl (C=O) groups excluding carboxylic acids is 3. The maximum Gasteiger partial charge on any atom is 0.255 e. The molecular weight excluding hydrogens is 488 g/mol. The first-order valence-corrected chi connectivity index (χ1v) is 12.6. The van der Waals surface area contributed by atoms with Crippen LogP contribution < -0.4 is 11.5 Å². The smallest absolute Gasteiger partial charge is 0.255 e. The number of phenolic OH excluding ortho intramolecular Hbond substituents is 1. The number of carbonyl (C=O) groups is 3. The van der Waals surface area contributed by atoms with Gasteiger partial charge in [0.05, 0.1) is 5.56 Å². The lowest BCUT2D eigenvalue weighted by Crippen LogP contribution is -2.62. The van der Waals surface area contributed by atoms with E-state index in [1.54, 1.807) is 19.9 Å². The van der Waals surface area contributed by atoms with Gasteiger partial charge >= 0.3 is 0 Å². The summed E-state index contributed by atoms with van der Waals surface area (Å²) in [7, 11) is 0. The number of aromatic hydroxyl groups is 1. The monoisotopic (exact) mass is 518 g/mol. The second-order valence-corrected chi connectivity index (χ2v) is 10.7. The number of hydrogen-bond acceptors (Lipinski definition) is 8. The third-order valence-electron chi connectivity index (χ3n) is 8.35. The lowest BCUT2D eigenvalue weighted by atomic mass is 9.54. The van der Waals surface area contributed by atoms with E-state index >= 15 is 0 Å². The van der Waals surface area contributed by atoms with Crippen LogP contribution in [0.25, 0.3) is 16.9 Å². The minimum Gasteiger partial charge on any atom is -0.508 e. The Labute approximate surface area is 219 Å². The fourth-order valence-corrected chi connectivity index (χ4v) is 6.64. The number of benzene rings is 2. The maximum absolute atomic E-state index is 14.0. The average Bonchev–Trinajstić information content (AvgIpc) is 2.86. The van der Waals surface area contributed by atoms with Crippen molar-refractivity contribution in [1.29, 1.82) is 0 Å². The highest BCUT2D eigenvalue weighted by Gasteiger charge is 2.64. The minimum absolute atomic E-state index is 0.0331. The topological polar surface area (TPSA) is 184 Å². The van der Waals surface area contributed by atoms with Crippen LogP contribution >= 0.6 is 0 Å². The average molecular weight is 519 g/mol. The molecular formula is C29H30N2O7. The summed E-state index contributed by atoms with van der Waals surface area (Å²) in [4.78, 5) is 39.4. The molecule has 0 aromatic heterocycles. The Balaban J connectivity index is 1.78. The van der Waals surface area contributed by atoms with Crippen LogP contribution in [0, 0.1) is 23.7 Å². The predicted octanol–water partition coefficient (Wildman–Crippen LogP) is 2.43. The quantitative estimate of drug-likeness (QED) is 0.333. The Morgan fingerprint density at radius 1 is 1.13 bits per heavy atom. The molecule has 3 aliphatic carbocycles. The van der Waals surface area contributed by atoms with Crippen LogP contribution in [0.4, 0.5) is 0 Å². The summed E-state index contributed by atoms with van der Waals surface area (Å²) in [5.74, 6) is -7.89. The van der Waals surface area contributed by atoms with Gasteiger partial charge in [0, 0.05) is 29.5 Å². The molecule has 0 aliphatic heterocycles. The number of fused-ring (bicyclic) bond motifs is 3. The van der Waals surface area contributed by atoms with Crippen molar-refractivity contribution >= 4 is 23.2 Å². The molecule has 2 aromatic carbocycles. The molecule has 1 saturated carbocycles. The second-order valence-electron chi connectivity index (χ2n) is 10.7. The van der Waals surface area contributed by atoms with Gasteiger partial charge in [-0.05, 0) is 47.4 Å². The van der Waals surface area contributed by atoms with Crippen LogP contribution in [0.2, 0.25) is 0 Å². The van der Waals surface area contributed by atoms with Gasteiger partial charge in [-0.15, -0.1) is 0 Å². The highest BCUT2D eigenvalue weighted by molar-refractivity contribution is 6.23. The third-order valence-corrected chi connectivity index (χ3v) is 8.35. The molecule has 38 heavy (non-hydrogen) atoms. The molecule has 1 amide bonds. The molecule has 9 heteroatoms. The van der Waals surface area contributed by atoms with Crippen LogP contribution in [-0.2, 0) is 27.3 Å². The van der Waals surface area contributed by atoms with E-state index in [0.29, 0.717) is 11.1 Å². The van der Waals surface area contributed by atoms with Gasteiger partial charge in [-0.25, -0.2) is 0 Å². The van der Waals surface area contributed by atoms with Gasteiger partial charge < -0.3 is 31.9 Å². The minimum atomic E-state index is -2.63. The second kappa shape index (κ2) is 8.82. The number of rotatable bonds is 4. The Hall–Kier alpha value is -3.95. The number of hydrogen-bond donors (Lipinski definition) is 6. The molecule has 0 spiro atoms. The van der Waals surface area contributed by atoms with Crippen molar-refractivity contribution in [2.24, 2.45) is 35.1 Å². The van der Waals surface area contributed by atoms with E-state index in [1.165, 1.54) is 0 Å². The SMILES string of the molecule is CC(C)[C@@H]1C(=O)C(C(N)=O)=C(O)[C@@]2(O)C(=O)C3=C(O)c4c(O)c(CN)cc(-c5ccccc5)c4C[C@H]3C[C@@H]12. The standard InChI is InChI=1S/C29H30N2O7/c1-12(2)19-18-10-14-8-17-16(13-6-4-3-5-7-13)9-15(11-30)23(32)21(17)25(34)20(14)26(35)29(18,38)27(36)22(24(19)33)28(31)37/h3-7,9,12,14,18-19,32,34,36,38H,8,10-11,30H2,1-2H3,(H2,31,37)/t14-,18-,19-,29-/m0/s1. The number of Topliss-reactive ketones (excluding diaryl/α,β-unsaturated/α-hetero) is 2. The lowest BCUT2D eigenvalue weighted by molar-refractivity contribution is -0.155. The summed E-state index contributed by atoms with van der Waals surface area (Å²) in [5.41, 5.74) is 10.2. The van der Waals surface area contributed by atoms with Crippen LogP contribution in [0.1, 0.15) is 37.0 Å². The molecule has 0 bridgehead atoms. The molecule has 0 heterocycles. The summed E-state index contributed by atoms with van der Waals surface area (Å²) in [6.45, 7) is 3.43. The molecule has 5 rings (SSSR count). The maximum atomic E-state index is 14.0.